The molecule has 0 fully saturated rings. The molecule has 0 unspecified atom stereocenters. The summed E-state index contributed by atoms with van der Waals surface area (Å²) in [6, 6.07) is 0. The van der Waals surface area contributed by atoms with Crippen molar-refractivity contribution in [3.63, 3.8) is 0 Å². The molecule has 0 saturated carbocycles. The van der Waals surface area contributed by atoms with Gasteiger partial charge in [-0.3, -0.25) is 0 Å². The fourth-order valence-electron chi connectivity index (χ4n) is 0.0527. The van der Waals surface area contributed by atoms with E-state index in [1.54, 1.807) is 0 Å². The van der Waals surface area contributed by atoms with Crippen LogP contribution in [-0.4, -0.2) is 69.3 Å². The van der Waals surface area contributed by atoms with Crippen molar-refractivity contribution in [2.45, 2.75) is 0 Å². The fraction of sp³-hybridized carbons (Fsp3) is 1.00. The first-order valence-corrected chi connectivity index (χ1v) is 3.17. The SMILES string of the molecule is OCC[O][BiH2].[InH3]. The molecule has 0 spiro atoms. The molecule has 0 aliphatic carbocycles. The average Bonchev–Trinajstić information content (AvgIpc) is 1.41. The Hall–Kier alpha value is 1.67. The standard InChI is InChI=1S/C2H5O2.Bi.In.5H/c3-1-2-4;;;;;;;/h3H,1-2H2;;;;;;;/q-1;+1;;;;;;. The van der Waals surface area contributed by atoms with Crippen LogP contribution >= 0.6 is 0 Å². The Morgan fingerprint density at radius 3 is 2.17 bits per heavy atom. The van der Waals surface area contributed by atoms with Crippen LogP contribution in [0.15, 0.2) is 0 Å². The summed E-state index contributed by atoms with van der Waals surface area (Å²) in [5.74, 6) is 0. The van der Waals surface area contributed by atoms with Crippen molar-refractivity contribution in [2.75, 3.05) is 13.2 Å². The number of hydrogen-bond acceptors (Lipinski definition) is 2. The third kappa shape index (κ3) is 9.18. The van der Waals surface area contributed by atoms with E-state index in [-0.39, 0.29) is 32.5 Å². The molecular weight excluding hydrogens is 380 g/mol. The quantitative estimate of drug-likeness (QED) is 0.523. The van der Waals surface area contributed by atoms with Gasteiger partial charge in [-0.05, 0) is 0 Å². The molecule has 0 saturated heterocycles. The van der Waals surface area contributed by atoms with E-state index in [9.17, 15) is 0 Å². The number of hydrogen-bond donors (Lipinski definition) is 1. The van der Waals surface area contributed by atoms with Crippen molar-refractivity contribution in [3.05, 3.63) is 0 Å². The van der Waals surface area contributed by atoms with Crippen molar-refractivity contribution in [1.29, 1.82) is 0 Å². The van der Waals surface area contributed by atoms with E-state index in [0.29, 0.717) is 31.8 Å². The van der Waals surface area contributed by atoms with E-state index in [0.717, 1.165) is 0 Å². The van der Waals surface area contributed by atoms with Crippen LogP contribution in [0.5, 0.6) is 0 Å². The molecule has 38 valence electrons. The van der Waals surface area contributed by atoms with E-state index in [1.165, 1.54) is 0 Å². The van der Waals surface area contributed by atoms with Gasteiger partial charge in [0.15, 0.2) is 0 Å². The summed E-state index contributed by atoms with van der Waals surface area (Å²) < 4.78 is 4.61. The second-order valence-electron chi connectivity index (χ2n) is 0.594. The Morgan fingerprint density at radius 1 is 1.67 bits per heavy atom. The minimum atomic E-state index is 0. The molecule has 0 heterocycles. The zero-order valence-corrected chi connectivity index (χ0v) is 7.34. The van der Waals surface area contributed by atoms with Crippen molar-refractivity contribution < 1.29 is 7.92 Å². The van der Waals surface area contributed by atoms with Crippen LogP contribution in [-0.2, 0) is 2.81 Å². The van der Waals surface area contributed by atoms with E-state index in [2.05, 4.69) is 2.81 Å². The number of aliphatic hydroxyl groups is 1. The second-order valence-corrected chi connectivity index (χ2v) is 1.89. The van der Waals surface area contributed by atoms with Gasteiger partial charge >= 0.3 is 72.1 Å². The molecule has 0 aliphatic heterocycles. The van der Waals surface area contributed by atoms with Gasteiger partial charge < -0.3 is 0 Å². The molecule has 2 nitrogen and oxygen atoms in total. The monoisotopic (exact) mass is 390 g/mol. The molecular formula is C2H10BiInO2. The third-order valence-corrected chi connectivity index (χ3v) is 1.13. The first-order valence-electron chi connectivity index (χ1n) is 1.34. The average molecular weight is 390 g/mol. The van der Waals surface area contributed by atoms with Crippen LogP contribution < -0.4 is 0 Å². The summed E-state index contributed by atoms with van der Waals surface area (Å²) in [6.07, 6.45) is 0. The Bertz CT molecular complexity index is 19.0. The molecule has 1 N–H and O–H groups in total. The van der Waals surface area contributed by atoms with Gasteiger partial charge in [-0.25, -0.2) is 0 Å². The molecule has 6 heavy (non-hydrogen) atoms. The minimum absolute atomic E-state index is 0. The Balaban J connectivity index is 0. The molecule has 0 bridgehead atoms. The summed E-state index contributed by atoms with van der Waals surface area (Å²) in [4.78, 5) is 0. The van der Waals surface area contributed by atoms with Crippen molar-refractivity contribution in [2.24, 2.45) is 0 Å². The van der Waals surface area contributed by atoms with Gasteiger partial charge in [0, 0.05) is 0 Å². The molecule has 0 rings (SSSR count). The van der Waals surface area contributed by atoms with E-state index in [4.69, 9.17) is 5.11 Å². The van der Waals surface area contributed by atoms with Crippen molar-refractivity contribution in [3.8, 4) is 0 Å². The van der Waals surface area contributed by atoms with E-state index in [1.807, 2.05) is 0 Å². The normalized spacial score (nSPS) is 7.00. The van der Waals surface area contributed by atoms with E-state index >= 15 is 0 Å². The molecule has 0 aromatic carbocycles. The molecule has 0 radical (unpaired) electrons. The van der Waals surface area contributed by atoms with E-state index < -0.39 is 0 Å². The van der Waals surface area contributed by atoms with Gasteiger partial charge in [-0.15, -0.1) is 0 Å². The summed E-state index contributed by atoms with van der Waals surface area (Å²) in [6.45, 7) is 0.682. The summed E-state index contributed by atoms with van der Waals surface area (Å²) >= 11 is 0.576. The fourth-order valence-corrected chi connectivity index (χ4v) is 0.462. The van der Waals surface area contributed by atoms with Crippen LogP contribution in [0.2, 0.25) is 0 Å². The summed E-state index contributed by atoms with van der Waals surface area (Å²) in [5.41, 5.74) is 0. The zero-order chi connectivity index (χ0) is 4.12. The Labute approximate surface area is 71.5 Å². The predicted molar refractivity (Wildman–Crippen MR) is 31.5 cm³/mol. The van der Waals surface area contributed by atoms with Crippen molar-refractivity contribution in [1.82, 2.24) is 0 Å². The van der Waals surface area contributed by atoms with Gasteiger partial charge in [0.1, 0.15) is 0 Å². The van der Waals surface area contributed by atoms with Gasteiger partial charge in [-0.2, -0.15) is 0 Å². The first-order chi connectivity index (χ1) is 2.41. The maximum atomic E-state index is 7.97. The van der Waals surface area contributed by atoms with Crippen molar-refractivity contribution >= 4 is 51.0 Å². The van der Waals surface area contributed by atoms with Crippen LogP contribution in [0.25, 0.3) is 0 Å². The summed E-state index contributed by atoms with van der Waals surface area (Å²) in [5, 5.41) is 7.97. The predicted octanol–water partition coefficient (Wildman–Crippen LogP) is -2.64. The van der Waals surface area contributed by atoms with Gasteiger partial charge in [0.05, 0.1) is 0 Å². The van der Waals surface area contributed by atoms with Crippen LogP contribution in [0, 0.1) is 0 Å². The molecule has 0 atom stereocenters. The summed E-state index contributed by atoms with van der Waals surface area (Å²) in [7, 11) is 0. The van der Waals surface area contributed by atoms with Crippen LogP contribution in [0.4, 0.5) is 0 Å². The maximum absolute atomic E-state index is 7.97. The Kier molecular flexibility index (Phi) is 17.4. The van der Waals surface area contributed by atoms with Crippen LogP contribution in [0.3, 0.4) is 0 Å². The topological polar surface area (TPSA) is 29.5 Å². The molecule has 4 heteroatoms. The first kappa shape index (κ1) is 10.6. The number of rotatable bonds is 2. The number of aliphatic hydroxyl groups excluding tert-OH is 1. The third-order valence-electron chi connectivity index (χ3n) is 0.209. The Morgan fingerprint density at radius 2 is 2.17 bits per heavy atom. The second kappa shape index (κ2) is 9.83. The molecule has 0 aromatic heterocycles. The molecule has 0 aliphatic rings. The van der Waals surface area contributed by atoms with Gasteiger partial charge in [0.2, 0.25) is 0 Å². The van der Waals surface area contributed by atoms with Gasteiger partial charge in [0.25, 0.3) is 0 Å². The van der Waals surface area contributed by atoms with Gasteiger partial charge in [-0.1, -0.05) is 0 Å². The van der Waals surface area contributed by atoms with Crippen LogP contribution in [0.1, 0.15) is 0 Å². The molecule has 0 aromatic rings. The molecule has 0 amide bonds. The zero-order valence-electron chi connectivity index (χ0n) is 2.85.